The fraction of sp³-hybridized carbons (Fsp3) is 0.500. The van der Waals surface area contributed by atoms with Crippen LogP contribution in [0.1, 0.15) is 40.0 Å². The summed E-state index contributed by atoms with van der Waals surface area (Å²) in [7, 11) is 0. The molecule has 3 heteroatoms. The molecule has 0 amide bonds. The zero-order chi connectivity index (χ0) is 15.0. The van der Waals surface area contributed by atoms with Gasteiger partial charge >= 0.3 is 0 Å². The van der Waals surface area contributed by atoms with Crippen LogP contribution in [0.4, 0.5) is 5.69 Å². The molecule has 3 nitrogen and oxygen atoms in total. The summed E-state index contributed by atoms with van der Waals surface area (Å²) in [5, 5.41) is 2.03. The minimum absolute atomic E-state index is 0.274. The number of pyridine rings is 1. The van der Waals surface area contributed by atoms with Crippen LogP contribution >= 0.6 is 0 Å². The van der Waals surface area contributed by atoms with Gasteiger partial charge in [-0.25, -0.2) is 0 Å². The van der Waals surface area contributed by atoms with Crippen molar-refractivity contribution in [2.24, 2.45) is 11.3 Å². The Bertz CT molecular complexity index is 651. The number of aromatic nitrogens is 1. The monoisotopic (exact) mass is 284 g/mol. The summed E-state index contributed by atoms with van der Waals surface area (Å²) in [6.45, 7) is 6.99. The Labute approximate surface area is 126 Å². The van der Waals surface area contributed by atoms with Gasteiger partial charge in [-0.15, -0.1) is 0 Å². The average Bonchev–Trinajstić information content (AvgIpc) is 2.40. The first kappa shape index (κ1) is 14.2. The number of anilines is 1. The predicted molar refractivity (Wildman–Crippen MR) is 87.4 cm³/mol. The number of nitrogen functional groups attached to an aromatic ring is 1. The van der Waals surface area contributed by atoms with Gasteiger partial charge in [-0.05, 0) is 48.8 Å². The highest BCUT2D eigenvalue weighted by Gasteiger charge is 2.33. The number of ether oxygens (including phenoxy) is 1. The van der Waals surface area contributed by atoms with Gasteiger partial charge in [0.2, 0.25) is 0 Å². The Kier molecular flexibility index (Phi) is 3.52. The Hall–Kier alpha value is -1.77. The predicted octanol–water partition coefficient (Wildman–Crippen LogP) is 4.41. The van der Waals surface area contributed by atoms with Crippen LogP contribution in [-0.4, -0.2) is 11.1 Å². The first-order valence-electron chi connectivity index (χ1n) is 7.73. The van der Waals surface area contributed by atoms with Gasteiger partial charge in [0.1, 0.15) is 5.75 Å². The summed E-state index contributed by atoms with van der Waals surface area (Å²) in [5.74, 6) is 1.61. The van der Waals surface area contributed by atoms with E-state index in [9.17, 15) is 0 Å². The van der Waals surface area contributed by atoms with Gasteiger partial charge in [-0.1, -0.05) is 20.8 Å². The van der Waals surface area contributed by atoms with Crippen LogP contribution in [-0.2, 0) is 0 Å². The molecule has 1 aromatic heterocycles. The van der Waals surface area contributed by atoms with E-state index in [2.05, 4.69) is 25.8 Å². The van der Waals surface area contributed by atoms with Crippen molar-refractivity contribution in [2.45, 2.75) is 46.1 Å². The van der Waals surface area contributed by atoms with Crippen LogP contribution in [0.2, 0.25) is 0 Å². The number of benzene rings is 1. The third-order valence-electron chi connectivity index (χ3n) is 4.45. The average molecular weight is 284 g/mol. The van der Waals surface area contributed by atoms with Crippen molar-refractivity contribution in [3.63, 3.8) is 0 Å². The summed E-state index contributed by atoms with van der Waals surface area (Å²) in [6.07, 6.45) is 7.39. The number of nitrogens with zero attached hydrogens (tertiary/aromatic N) is 1. The van der Waals surface area contributed by atoms with Crippen LogP contribution in [0, 0.1) is 11.3 Å². The number of rotatable bonds is 2. The largest absolute Gasteiger partial charge is 0.490 e. The molecule has 1 aliphatic carbocycles. The summed E-state index contributed by atoms with van der Waals surface area (Å²) in [4.78, 5) is 4.22. The highest BCUT2D eigenvalue weighted by Crippen LogP contribution is 2.41. The van der Waals surface area contributed by atoms with Crippen LogP contribution in [0.3, 0.4) is 0 Å². The molecular formula is C18H24N2O. The lowest BCUT2D eigenvalue weighted by atomic mass is 9.71. The van der Waals surface area contributed by atoms with E-state index in [-0.39, 0.29) is 6.10 Å². The van der Waals surface area contributed by atoms with Gasteiger partial charge in [0, 0.05) is 28.9 Å². The minimum atomic E-state index is 0.274. The molecule has 112 valence electrons. The van der Waals surface area contributed by atoms with E-state index >= 15 is 0 Å². The van der Waals surface area contributed by atoms with E-state index in [1.165, 1.54) is 6.42 Å². The Morgan fingerprint density at radius 2 is 2.00 bits per heavy atom. The highest BCUT2D eigenvalue weighted by molar-refractivity contribution is 5.96. The number of hydrogen-bond donors (Lipinski definition) is 1. The molecule has 0 saturated heterocycles. The molecule has 2 atom stereocenters. The van der Waals surface area contributed by atoms with Crippen LogP contribution < -0.4 is 10.5 Å². The normalized spacial score (nSPS) is 24.9. The number of nitrogens with two attached hydrogens (primary N) is 1. The molecular weight excluding hydrogens is 260 g/mol. The number of fused-ring (bicyclic) bond motifs is 1. The van der Waals surface area contributed by atoms with Crippen molar-refractivity contribution in [1.82, 2.24) is 4.98 Å². The maximum atomic E-state index is 6.33. The molecule has 3 rings (SSSR count). The van der Waals surface area contributed by atoms with E-state index in [0.29, 0.717) is 11.3 Å². The van der Waals surface area contributed by atoms with Gasteiger partial charge < -0.3 is 10.5 Å². The summed E-state index contributed by atoms with van der Waals surface area (Å²) >= 11 is 0. The Balaban J connectivity index is 1.90. The van der Waals surface area contributed by atoms with Crippen molar-refractivity contribution in [1.29, 1.82) is 0 Å². The molecule has 2 unspecified atom stereocenters. The molecule has 0 spiro atoms. The summed E-state index contributed by atoms with van der Waals surface area (Å²) in [5.41, 5.74) is 7.17. The van der Waals surface area contributed by atoms with Gasteiger partial charge in [0.05, 0.1) is 6.10 Å². The lowest BCUT2D eigenvalue weighted by Crippen LogP contribution is -2.34. The molecule has 0 aliphatic heterocycles. The van der Waals surface area contributed by atoms with Crippen molar-refractivity contribution in [3.8, 4) is 5.75 Å². The van der Waals surface area contributed by atoms with Crippen molar-refractivity contribution >= 4 is 16.5 Å². The second kappa shape index (κ2) is 5.21. The lowest BCUT2D eigenvalue weighted by molar-refractivity contribution is 0.0572. The second-order valence-corrected chi connectivity index (χ2v) is 7.23. The minimum Gasteiger partial charge on any atom is -0.490 e. The summed E-state index contributed by atoms with van der Waals surface area (Å²) in [6, 6.07) is 5.85. The highest BCUT2D eigenvalue weighted by atomic mass is 16.5. The van der Waals surface area contributed by atoms with E-state index in [1.807, 2.05) is 24.4 Å². The molecule has 1 fully saturated rings. The standard InChI is InChI=1S/C18H24N2O/c1-12-8-13(10-18(2,3)9-12)21-17-5-4-16(19)14-6-7-20-11-15(14)17/h4-7,11-13H,8-10,19H2,1-3H3. The van der Waals surface area contributed by atoms with Crippen LogP contribution in [0.5, 0.6) is 5.75 Å². The van der Waals surface area contributed by atoms with Gasteiger partial charge in [-0.3, -0.25) is 4.98 Å². The van der Waals surface area contributed by atoms with Gasteiger partial charge in [-0.2, -0.15) is 0 Å². The molecule has 1 aromatic carbocycles. The molecule has 2 N–H and O–H groups in total. The van der Waals surface area contributed by atoms with E-state index < -0.39 is 0 Å². The molecule has 2 aromatic rings. The van der Waals surface area contributed by atoms with E-state index in [0.717, 1.165) is 35.1 Å². The molecule has 21 heavy (non-hydrogen) atoms. The first-order valence-corrected chi connectivity index (χ1v) is 7.73. The molecule has 1 aliphatic rings. The number of hydrogen-bond acceptors (Lipinski definition) is 3. The molecule has 0 radical (unpaired) electrons. The molecule has 1 saturated carbocycles. The maximum Gasteiger partial charge on any atom is 0.129 e. The topological polar surface area (TPSA) is 48.1 Å². The van der Waals surface area contributed by atoms with Crippen molar-refractivity contribution in [3.05, 3.63) is 30.6 Å². The van der Waals surface area contributed by atoms with Gasteiger partial charge in [0.15, 0.2) is 0 Å². The van der Waals surface area contributed by atoms with Gasteiger partial charge in [0.25, 0.3) is 0 Å². The Morgan fingerprint density at radius 1 is 1.19 bits per heavy atom. The fourth-order valence-corrected chi connectivity index (χ4v) is 3.82. The van der Waals surface area contributed by atoms with Crippen molar-refractivity contribution < 1.29 is 4.74 Å². The van der Waals surface area contributed by atoms with Crippen molar-refractivity contribution in [2.75, 3.05) is 5.73 Å². The molecule has 1 heterocycles. The van der Waals surface area contributed by atoms with E-state index in [1.54, 1.807) is 6.20 Å². The second-order valence-electron chi connectivity index (χ2n) is 7.23. The third-order valence-corrected chi connectivity index (χ3v) is 4.45. The fourth-order valence-electron chi connectivity index (χ4n) is 3.82. The van der Waals surface area contributed by atoms with Crippen LogP contribution in [0.15, 0.2) is 30.6 Å². The SMILES string of the molecule is CC1CC(Oc2ccc(N)c3ccncc23)CC(C)(C)C1. The smallest absolute Gasteiger partial charge is 0.129 e. The quantitative estimate of drug-likeness (QED) is 0.831. The Morgan fingerprint density at radius 3 is 2.76 bits per heavy atom. The zero-order valence-corrected chi connectivity index (χ0v) is 13.1. The first-order chi connectivity index (χ1) is 9.94. The lowest BCUT2D eigenvalue weighted by Gasteiger charge is -2.39. The molecule has 0 bridgehead atoms. The summed E-state index contributed by atoms with van der Waals surface area (Å²) < 4.78 is 6.33. The van der Waals surface area contributed by atoms with Crippen LogP contribution in [0.25, 0.3) is 10.8 Å². The zero-order valence-electron chi connectivity index (χ0n) is 13.1. The van der Waals surface area contributed by atoms with E-state index in [4.69, 9.17) is 10.5 Å². The third kappa shape index (κ3) is 2.97. The maximum absolute atomic E-state index is 6.33.